The number of amides is 3. The number of para-hydroxylation sites is 1. The molecule has 0 atom stereocenters. The zero-order chi connectivity index (χ0) is 33.6. The van der Waals surface area contributed by atoms with Crippen molar-refractivity contribution in [3.8, 4) is 16.9 Å². The molecule has 3 N–H and O–H groups in total. The van der Waals surface area contributed by atoms with Crippen molar-refractivity contribution in [1.82, 2.24) is 19.6 Å². The molecule has 0 spiro atoms. The minimum Gasteiger partial charge on any atom is -0.409 e. The maximum atomic E-state index is 12.7. The number of imidazole rings is 1. The number of hydrogen-bond acceptors (Lipinski definition) is 6. The molecule has 0 radical (unpaired) electrons. The van der Waals surface area contributed by atoms with Crippen LogP contribution in [0.2, 0.25) is 0 Å². The van der Waals surface area contributed by atoms with Crippen molar-refractivity contribution in [3.63, 3.8) is 0 Å². The van der Waals surface area contributed by atoms with Crippen LogP contribution in [0.4, 0.5) is 28.4 Å². The van der Waals surface area contributed by atoms with Crippen molar-refractivity contribution >= 4 is 38.9 Å². The lowest BCUT2D eigenvalue weighted by Crippen LogP contribution is -2.41. The van der Waals surface area contributed by atoms with Crippen LogP contribution in [0.5, 0.6) is 5.75 Å². The third kappa shape index (κ3) is 8.42. The standard InChI is InChI=1S/C33H36F3N5O5S/c1-2-3-13-30-39-27-19-18-25(38-31(42)37-24-9-5-4-6-10-24)20-28(27)41(30)21-22-14-16-23(17-15-22)26-11-7-8-12-29(26)46-32(43)40-47(44,45)33(34,35)36/h7-8,11-12,14-20,24H,2-6,9-10,13,21H2,1H3,(H,40,43)(H2,37,38,42). The van der Waals surface area contributed by atoms with Crippen molar-refractivity contribution in [2.45, 2.75) is 76.4 Å². The van der Waals surface area contributed by atoms with E-state index in [1.54, 1.807) is 24.3 Å². The summed E-state index contributed by atoms with van der Waals surface area (Å²) >= 11 is 0. The number of unbranched alkanes of at least 4 members (excludes halogenated alkanes) is 1. The third-order valence-electron chi connectivity index (χ3n) is 8.00. The molecule has 3 amide bonds. The van der Waals surface area contributed by atoms with E-state index in [0.29, 0.717) is 23.4 Å². The fraction of sp³-hybridized carbons (Fsp3) is 0.364. The number of anilines is 1. The Labute approximate surface area is 270 Å². The first-order valence-electron chi connectivity index (χ1n) is 15.5. The number of nitrogens with one attached hydrogen (secondary N) is 3. The first-order chi connectivity index (χ1) is 22.4. The third-order valence-corrected chi connectivity index (χ3v) is 9.04. The summed E-state index contributed by atoms with van der Waals surface area (Å²) in [6.07, 6.45) is 6.34. The number of aryl methyl sites for hydroxylation is 1. The first-order valence-corrected chi connectivity index (χ1v) is 17.0. The van der Waals surface area contributed by atoms with Crippen LogP contribution in [0.25, 0.3) is 22.2 Å². The molecule has 0 unspecified atom stereocenters. The van der Waals surface area contributed by atoms with Gasteiger partial charge in [-0.25, -0.2) is 19.3 Å². The van der Waals surface area contributed by atoms with E-state index in [0.717, 1.165) is 72.1 Å². The highest BCUT2D eigenvalue weighted by molar-refractivity contribution is 7.90. The molecule has 1 aromatic heterocycles. The molecule has 14 heteroatoms. The first kappa shape index (κ1) is 33.8. The van der Waals surface area contributed by atoms with Crippen molar-refractivity contribution in [3.05, 3.63) is 78.1 Å². The summed E-state index contributed by atoms with van der Waals surface area (Å²) in [5.74, 6) is 0.790. The number of alkyl halides is 3. The maximum Gasteiger partial charge on any atom is 0.516 e. The fourth-order valence-electron chi connectivity index (χ4n) is 5.61. The lowest BCUT2D eigenvalue weighted by Gasteiger charge is -2.22. The average molecular weight is 672 g/mol. The second kappa shape index (κ2) is 14.4. The molecule has 1 aliphatic carbocycles. The Balaban J connectivity index is 1.35. The molecule has 1 aliphatic rings. The number of benzene rings is 3. The Morgan fingerprint density at radius 3 is 2.43 bits per heavy atom. The van der Waals surface area contributed by atoms with Gasteiger partial charge in [0, 0.05) is 30.3 Å². The molecule has 0 saturated heterocycles. The van der Waals surface area contributed by atoms with Crippen LogP contribution in [0, 0.1) is 0 Å². The van der Waals surface area contributed by atoms with Gasteiger partial charge in [0.2, 0.25) is 0 Å². The van der Waals surface area contributed by atoms with E-state index in [1.165, 1.54) is 18.6 Å². The zero-order valence-corrected chi connectivity index (χ0v) is 26.6. The maximum absolute atomic E-state index is 12.7. The van der Waals surface area contributed by atoms with Crippen LogP contribution < -0.4 is 20.1 Å². The van der Waals surface area contributed by atoms with Crippen molar-refractivity contribution < 1.29 is 35.9 Å². The van der Waals surface area contributed by atoms with E-state index in [4.69, 9.17) is 9.72 Å². The number of carbonyl (C=O) groups excluding carboxylic acids is 2. The van der Waals surface area contributed by atoms with E-state index in [-0.39, 0.29) is 17.8 Å². The highest BCUT2D eigenvalue weighted by atomic mass is 32.2. The van der Waals surface area contributed by atoms with Crippen molar-refractivity contribution in [1.29, 1.82) is 0 Å². The number of aromatic nitrogens is 2. The fourth-order valence-corrected chi connectivity index (χ4v) is 5.98. The number of sulfonamides is 1. The summed E-state index contributed by atoms with van der Waals surface area (Å²) in [6, 6.07) is 19.0. The monoisotopic (exact) mass is 671 g/mol. The Morgan fingerprint density at radius 1 is 1.00 bits per heavy atom. The van der Waals surface area contributed by atoms with E-state index in [2.05, 4.69) is 22.1 Å². The number of ether oxygens (including phenoxy) is 1. The van der Waals surface area contributed by atoms with Gasteiger partial charge in [0.1, 0.15) is 11.6 Å². The molecule has 1 fully saturated rings. The summed E-state index contributed by atoms with van der Waals surface area (Å²) in [4.78, 5) is 29.6. The smallest absolute Gasteiger partial charge is 0.409 e. The molecule has 3 aromatic carbocycles. The summed E-state index contributed by atoms with van der Waals surface area (Å²) in [5.41, 5.74) is -1.44. The van der Waals surface area contributed by atoms with Gasteiger partial charge in [-0.1, -0.05) is 75.1 Å². The lowest BCUT2D eigenvalue weighted by atomic mass is 9.96. The Bertz CT molecular complexity index is 1840. The van der Waals surface area contributed by atoms with Crippen LogP contribution in [0.15, 0.2) is 66.7 Å². The minimum atomic E-state index is -5.92. The Kier molecular flexibility index (Phi) is 10.4. The van der Waals surface area contributed by atoms with E-state index in [1.807, 2.05) is 30.3 Å². The molecule has 250 valence electrons. The van der Waals surface area contributed by atoms with Gasteiger partial charge in [0.25, 0.3) is 0 Å². The number of carbonyl (C=O) groups is 2. The van der Waals surface area contributed by atoms with Crippen molar-refractivity contribution in [2.75, 3.05) is 5.32 Å². The predicted octanol–water partition coefficient (Wildman–Crippen LogP) is 7.49. The number of nitrogens with zero attached hydrogens (tertiary/aromatic N) is 2. The Hall–Kier alpha value is -4.59. The summed E-state index contributed by atoms with van der Waals surface area (Å²) < 4.78 is 68.6. The molecule has 5 rings (SSSR count). The van der Waals surface area contributed by atoms with Gasteiger partial charge < -0.3 is 19.9 Å². The summed E-state index contributed by atoms with van der Waals surface area (Å²) in [5, 5.41) is 6.04. The topological polar surface area (TPSA) is 131 Å². The molecule has 0 aliphatic heterocycles. The molecule has 0 bridgehead atoms. The van der Waals surface area contributed by atoms with E-state index < -0.39 is 21.6 Å². The molecule has 4 aromatic rings. The minimum absolute atomic E-state index is 0.120. The van der Waals surface area contributed by atoms with Crippen LogP contribution in [-0.2, 0) is 23.0 Å². The zero-order valence-electron chi connectivity index (χ0n) is 25.8. The Morgan fingerprint density at radius 2 is 1.72 bits per heavy atom. The van der Waals surface area contributed by atoms with Gasteiger partial charge in [-0.2, -0.15) is 21.6 Å². The SMILES string of the molecule is CCCCc1nc2ccc(NC(=O)NC3CCCCC3)cc2n1Cc1ccc(-c2ccccc2OC(=O)NS(=O)(=O)C(F)(F)F)cc1. The van der Waals surface area contributed by atoms with Crippen LogP contribution >= 0.6 is 0 Å². The van der Waals surface area contributed by atoms with Crippen LogP contribution in [-0.4, -0.2) is 41.6 Å². The molecular weight excluding hydrogens is 635 g/mol. The summed E-state index contributed by atoms with van der Waals surface area (Å²) in [7, 11) is -5.92. The van der Waals surface area contributed by atoms with Crippen LogP contribution in [0.1, 0.15) is 63.3 Å². The number of halogens is 3. The second-order valence-electron chi connectivity index (χ2n) is 11.5. The highest BCUT2D eigenvalue weighted by Crippen LogP contribution is 2.31. The summed E-state index contributed by atoms with van der Waals surface area (Å²) in [6.45, 7) is 2.59. The van der Waals surface area contributed by atoms with Crippen LogP contribution in [0.3, 0.4) is 0 Å². The van der Waals surface area contributed by atoms with E-state index in [9.17, 15) is 31.2 Å². The van der Waals surface area contributed by atoms with Gasteiger partial charge in [0.05, 0.1) is 11.0 Å². The lowest BCUT2D eigenvalue weighted by molar-refractivity contribution is -0.0446. The normalized spacial score (nSPS) is 14.1. The quantitative estimate of drug-likeness (QED) is 0.160. The highest BCUT2D eigenvalue weighted by Gasteiger charge is 2.47. The van der Waals surface area contributed by atoms with Gasteiger partial charge in [-0.15, -0.1) is 0 Å². The number of urea groups is 1. The molecule has 1 heterocycles. The van der Waals surface area contributed by atoms with Crippen molar-refractivity contribution in [2.24, 2.45) is 0 Å². The molecule has 10 nitrogen and oxygen atoms in total. The second-order valence-corrected chi connectivity index (χ2v) is 13.2. The number of rotatable bonds is 10. The predicted molar refractivity (Wildman–Crippen MR) is 172 cm³/mol. The largest absolute Gasteiger partial charge is 0.516 e. The molecule has 47 heavy (non-hydrogen) atoms. The van der Waals surface area contributed by atoms with Gasteiger partial charge in [-0.05, 0) is 54.7 Å². The van der Waals surface area contributed by atoms with E-state index >= 15 is 0 Å². The van der Waals surface area contributed by atoms with Gasteiger partial charge in [-0.3, -0.25) is 0 Å². The molecule has 1 saturated carbocycles. The number of hydrogen-bond donors (Lipinski definition) is 3. The van der Waals surface area contributed by atoms with Gasteiger partial charge >= 0.3 is 27.7 Å². The van der Waals surface area contributed by atoms with Gasteiger partial charge in [0.15, 0.2) is 0 Å². The average Bonchev–Trinajstić information content (AvgIpc) is 3.36. The molecular formula is C33H36F3N5O5S. The number of fused-ring (bicyclic) bond motifs is 1.